The monoisotopic (exact) mass is 449 g/mol. The molecule has 6 nitrogen and oxygen atoms in total. The Morgan fingerprint density at radius 1 is 1.17 bits per heavy atom. The van der Waals surface area contributed by atoms with Crippen LogP contribution in [-0.2, 0) is 0 Å². The summed E-state index contributed by atoms with van der Waals surface area (Å²) in [6.07, 6.45) is 2.72. The van der Waals surface area contributed by atoms with Gasteiger partial charge >= 0.3 is 0 Å². The maximum absolute atomic E-state index is 12.6. The highest BCUT2D eigenvalue weighted by Gasteiger charge is 2.28. The number of H-pyrrole nitrogens is 2. The van der Waals surface area contributed by atoms with E-state index in [-0.39, 0.29) is 36.4 Å². The van der Waals surface area contributed by atoms with Crippen LogP contribution in [0.2, 0.25) is 0 Å². The lowest BCUT2D eigenvalue weighted by molar-refractivity contribution is 0.601. The van der Waals surface area contributed by atoms with Crippen LogP contribution in [0.15, 0.2) is 47.4 Å². The molecule has 0 aliphatic carbocycles. The fraction of sp³-hybridized carbons (Fsp3) is 0.250. The van der Waals surface area contributed by atoms with Gasteiger partial charge in [0.2, 0.25) is 0 Å². The van der Waals surface area contributed by atoms with Gasteiger partial charge in [-0.15, -0.1) is 36.2 Å². The Morgan fingerprint density at radius 3 is 2.69 bits per heavy atom. The standard InChI is InChI=1S/C20H19N5OS.2ClH/c1-11-14(10-22-25-11)17-8-15-18(27-17)20(26)24-19(23-15)16-7-13(9-21-16)12-5-3-2-4-6-12;;/h2-6,8,10,13,16,21H,7,9H2,1H3,(H,22,25)(H,23,24,26);2*1H/t13-,16+;;/m1../s1. The van der Waals surface area contributed by atoms with E-state index in [9.17, 15) is 4.79 Å². The molecule has 152 valence electrons. The summed E-state index contributed by atoms with van der Waals surface area (Å²) in [4.78, 5) is 21.4. The lowest BCUT2D eigenvalue weighted by atomic mass is 9.96. The van der Waals surface area contributed by atoms with Crippen molar-refractivity contribution in [3.05, 3.63) is 70.0 Å². The van der Waals surface area contributed by atoms with Crippen molar-refractivity contribution in [1.82, 2.24) is 25.5 Å². The summed E-state index contributed by atoms with van der Waals surface area (Å²) in [6.45, 7) is 2.86. The maximum Gasteiger partial charge on any atom is 0.268 e. The quantitative estimate of drug-likeness (QED) is 0.433. The number of nitrogens with zero attached hydrogens (tertiary/aromatic N) is 2. The summed E-state index contributed by atoms with van der Waals surface area (Å²) in [7, 11) is 0. The average Bonchev–Trinajstić information content (AvgIpc) is 3.41. The van der Waals surface area contributed by atoms with Crippen molar-refractivity contribution in [2.24, 2.45) is 0 Å². The third-order valence-electron chi connectivity index (χ3n) is 5.23. The van der Waals surface area contributed by atoms with Gasteiger partial charge in [0.1, 0.15) is 10.5 Å². The van der Waals surface area contributed by atoms with E-state index in [0.29, 0.717) is 10.6 Å². The fourth-order valence-corrected chi connectivity index (χ4v) is 4.84. The van der Waals surface area contributed by atoms with Crippen LogP contribution < -0.4 is 10.9 Å². The first kappa shape index (κ1) is 21.5. The Kier molecular flexibility index (Phi) is 6.43. The van der Waals surface area contributed by atoms with Gasteiger partial charge in [-0.2, -0.15) is 5.10 Å². The summed E-state index contributed by atoms with van der Waals surface area (Å²) >= 11 is 1.46. The van der Waals surface area contributed by atoms with Gasteiger partial charge < -0.3 is 10.3 Å². The first-order valence-corrected chi connectivity index (χ1v) is 9.83. The zero-order valence-electron chi connectivity index (χ0n) is 15.6. The molecule has 0 saturated carbocycles. The van der Waals surface area contributed by atoms with Crippen LogP contribution in [-0.4, -0.2) is 26.7 Å². The average molecular weight is 450 g/mol. The summed E-state index contributed by atoms with van der Waals surface area (Å²) in [5.74, 6) is 1.16. The second-order valence-corrected chi connectivity index (χ2v) is 8.04. The summed E-state index contributed by atoms with van der Waals surface area (Å²) in [5, 5.41) is 10.5. The topological polar surface area (TPSA) is 86.5 Å². The number of rotatable bonds is 3. The number of nitrogens with one attached hydrogen (secondary N) is 3. The third kappa shape index (κ3) is 3.96. The van der Waals surface area contributed by atoms with Gasteiger partial charge in [0.05, 0.1) is 17.8 Å². The molecule has 0 unspecified atom stereocenters. The summed E-state index contributed by atoms with van der Waals surface area (Å²) in [5.41, 5.74) is 4.00. The number of fused-ring (bicyclic) bond motifs is 1. The minimum Gasteiger partial charge on any atom is -0.308 e. The molecule has 3 N–H and O–H groups in total. The van der Waals surface area contributed by atoms with Gasteiger partial charge in [0.15, 0.2) is 0 Å². The van der Waals surface area contributed by atoms with E-state index >= 15 is 0 Å². The van der Waals surface area contributed by atoms with E-state index in [1.165, 1.54) is 16.9 Å². The summed E-state index contributed by atoms with van der Waals surface area (Å²) in [6, 6.07) is 12.5. The zero-order valence-corrected chi connectivity index (χ0v) is 18.1. The molecule has 1 aliphatic rings. The Morgan fingerprint density at radius 2 is 1.97 bits per heavy atom. The van der Waals surface area contributed by atoms with Gasteiger partial charge in [-0.1, -0.05) is 30.3 Å². The number of halogens is 2. The van der Waals surface area contributed by atoms with E-state index in [0.717, 1.165) is 40.4 Å². The number of benzene rings is 1. The highest BCUT2D eigenvalue weighted by molar-refractivity contribution is 7.22. The molecule has 2 atom stereocenters. The first-order valence-electron chi connectivity index (χ1n) is 9.01. The van der Waals surface area contributed by atoms with Crippen LogP contribution in [0.25, 0.3) is 20.7 Å². The van der Waals surface area contributed by atoms with Crippen molar-refractivity contribution >= 4 is 46.4 Å². The number of aromatic amines is 2. The predicted molar refractivity (Wildman–Crippen MR) is 122 cm³/mol. The Bertz CT molecular complexity index is 1170. The molecule has 1 saturated heterocycles. The molecule has 0 spiro atoms. The van der Waals surface area contributed by atoms with Crippen molar-refractivity contribution in [2.75, 3.05) is 6.54 Å². The Hall–Kier alpha value is -2.19. The lowest BCUT2D eigenvalue weighted by Gasteiger charge is -2.10. The maximum atomic E-state index is 12.6. The fourth-order valence-electron chi connectivity index (χ4n) is 3.78. The molecule has 1 aromatic carbocycles. The van der Waals surface area contributed by atoms with Crippen molar-refractivity contribution < 1.29 is 0 Å². The van der Waals surface area contributed by atoms with E-state index in [1.54, 1.807) is 6.20 Å². The van der Waals surface area contributed by atoms with Crippen LogP contribution in [0.5, 0.6) is 0 Å². The van der Waals surface area contributed by atoms with E-state index < -0.39 is 0 Å². The largest absolute Gasteiger partial charge is 0.308 e. The molecular weight excluding hydrogens is 429 g/mol. The zero-order chi connectivity index (χ0) is 18.4. The van der Waals surface area contributed by atoms with Crippen LogP contribution in [0.3, 0.4) is 0 Å². The smallest absolute Gasteiger partial charge is 0.268 e. The Balaban J connectivity index is 0.00000120. The van der Waals surface area contributed by atoms with Gasteiger partial charge in [-0.05, 0) is 30.9 Å². The third-order valence-corrected chi connectivity index (χ3v) is 6.38. The molecule has 9 heteroatoms. The Labute approximate surface area is 184 Å². The van der Waals surface area contributed by atoms with Crippen LogP contribution in [0.1, 0.15) is 35.5 Å². The van der Waals surface area contributed by atoms with Gasteiger partial charge in [0.25, 0.3) is 5.56 Å². The van der Waals surface area contributed by atoms with E-state index in [2.05, 4.69) is 44.8 Å². The van der Waals surface area contributed by atoms with E-state index in [4.69, 9.17) is 4.98 Å². The normalized spacial score (nSPS) is 18.4. The van der Waals surface area contributed by atoms with Crippen LogP contribution >= 0.6 is 36.2 Å². The summed E-state index contributed by atoms with van der Waals surface area (Å²) < 4.78 is 0.659. The van der Waals surface area contributed by atoms with Crippen LogP contribution in [0.4, 0.5) is 0 Å². The lowest BCUT2D eigenvalue weighted by Crippen LogP contribution is -2.20. The van der Waals surface area contributed by atoms with Crippen molar-refractivity contribution in [3.63, 3.8) is 0 Å². The molecule has 0 amide bonds. The molecule has 0 bridgehead atoms. The number of thiophene rings is 1. The predicted octanol–water partition coefficient (Wildman–Crippen LogP) is 4.34. The highest BCUT2D eigenvalue weighted by atomic mass is 35.5. The molecule has 1 fully saturated rings. The van der Waals surface area contributed by atoms with Crippen molar-refractivity contribution in [3.8, 4) is 10.4 Å². The van der Waals surface area contributed by atoms with Crippen molar-refractivity contribution in [2.45, 2.75) is 25.3 Å². The minimum atomic E-state index is -0.0719. The molecule has 29 heavy (non-hydrogen) atoms. The van der Waals surface area contributed by atoms with Gasteiger partial charge in [-0.25, -0.2) is 4.98 Å². The molecule has 3 aromatic heterocycles. The highest BCUT2D eigenvalue weighted by Crippen LogP contribution is 2.35. The van der Waals surface area contributed by atoms with E-state index in [1.807, 2.05) is 19.1 Å². The van der Waals surface area contributed by atoms with Crippen molar-refractivity contribution in [1.29, 1.82) is 0 Å². The number of hydrogen-bond donors (Lipinski definition) is 3. The molecule has 5 rings (SSSR count). The first-order chi connectivity index (χ1) is 13.2. The molecule has 1 aliphatic heterocycles. The van der Waals surface area contributed by atoms with Gasteiger partial charge in [0, 0.05) is 22.7 Å². The molecule has 0 radical (unpaired) electrons. The van der Waals surface area contributed by atoms with Crippen LogP contribution in [0, 0.1) is 6.92 Å². The second kappa shape index (κ2) is 8.67. The molecule has 4 aromatic rings. The number of hydrogen-bond acceptors (Lipinski definition) is 5. The second-order valence-electron chi connectivity index (χ2n) is 6.99. The molecule has 4 heterocycles. The number of aromatic nitrogens is 4. The van der Waals surface area contributed by atoms with Gasteiger partial charge in [-0.3, -0.25) is 9.89 Å². The SMILES string of the molecule is Cc1[nH]ncc1-c1cc2nc([C@@H]3C[C@@H](c4ccccc4)CN3)[nH]c(=O)c2s1.Cl.Cl. The minimum absolute atomic E-state index is 0. The molecular formula is C20H21Cl2N5OS. The number of aryl methyl sites for hydroxylation is 1.